The quantitative estimate of drug-likeness (QED) is 0.573. The molecule has 0 fully saturated rings. The lowest BCUT2D eigenvalue weighted by atomic mass is 10.1. The Bertz CT molecular complexity index is 150. The number of ketones is 1. The molecule has 0 heterocycles. The summed E-state index contributed by atoms with van der Waals surface area (Å²) in [5.41, 5.74) is 0. The number of carbonyl (C=O) groups is 1. The Morgan fingerprint density at radius 1 is 1.55 bits per heavy atom. The zero-order chi connectivity index (χ0) is 8.85. The van der Waals surface area contributed by atoms with Crippen LogP contribution < -0.4 is 0 Å². The molecule has 2 nitrogen and oxygen atoms in total. The Morgan fingerprint density at radius 2 is 2.09 bits per heavy atom. The molecule has 0 saturated carbocycles. The summed E-state index contributed by atoms with van der Waals surface area (Å²) in [5, 5.41) is 0. The smallest absolute Gasteiger partial charge is 0.172 e. The van der Waals surface area contributed by atoms with Crippen LogP contribution in [0.15, 0.2) is 12.2 Å². The highest BCUT2D eigenvalue weighted by atomic mass is 16.1. The van der Waals surface area contributed by atoms with Crippen molar-refractivity contribution < 1.29 is 4.79 Å². The van der Waals surface area contributed by atoms with Crippen molar-refractivity contribution in [2.24, 2.45) is 0 Å². The van der Waals surface area contributed by atoms with Crippen LogP contribution in [0.1, 0.15) is 20.3 Å². The summed E-state index contributed by atoms with van der Waals surface area (Å²) in [5.74, 6) is 0.194. The van der Waals surface area contributed by atoms with E-state index in [9.17, 15) is 4.79 Å². The van der Waals surface area contributed by atoms with E-state index in [1.54, 1.807) is 12.2 Å². The summed E-state index contributed by atoms with van der Waals surface area (Å²) < 4.78 is 0. The third kappa shape index (κ3) is 3.33. The van der Waals surface area contributed by atoms with Gasteiger partial charge in [0.25, 0.3) is 0 Å². The highest BCUT2D eigenvalue weighted by Gasteiger charge is 2.14. The Hall–Kier alpha value is -0.630. The molecule has 0 aliphatic heterocycles. The van der Waals surface area contributed by atoms with Crippen LogP contribution in [0.5, 0.6) is 0 Å². The first kappa shape index (κ1) is 10.4. The van der Waals surface area contributed by atoms with Gasteiger partial charge in [0.05, 0.1) is 6.04 Å². The average Bonchev–Trinajstić information content (AvgIpc) is 1.88. The summed E-state index contributed by atoms with van der Waals surface area (Å²) in [6, 6.07) is 0.0474. The fraction of sp³-hybridized carbons (Fsp3) is 0.667. The van der Waals surface area contributed by atoms with Gasteiger partial charge in [-0.3, -0.25) is 9.69 Å². The molecular weight excluding hydrogens is 138 g/mol. The first-order valence-corrected chi connectivity index (χ1v) is 3.96. The van der Waals surface area contributed by atoms with E-state index in [0.29, 0.717) is 0 Å². The van der Waals surface area contributed by atoms with Crippen molar-refractivity contribution in [3.05, 3.63) is 12.2 Å². The third-order valence-corrected chi connectivity index (χ3v) is 1.67. The van der Waals surface area contributed by atoms with Gasteiger partial charge in [-0.2, -0.15) is 0 Å². The van der Waals surface area contributed by atoms with Crippen LogP contribution in [-0.4, -0.2) is 30.8 Å². The molecular formula is C9H17NO. The number of hydrogen-bond donors (Lipinski definition) is 0. The number of rotatable bonds is 4. The monoisotopic (exact) mass is 155 g/mol. The molecule has 1 atom stereocenters. The molecule has 64 valence electrons. The number of carbonyl (C=O) groups excluding carboxylic acids is 1. The lowest BCUT2D eigenvalue weighted by molar-refractivity contribution is -0.118. The van der Waals surface area contributed by atoms with Crippen molar-refractivity contribution in [3.8, 4) is 0 Å². The van der Waals surface area contributed by atoms with Crippen molar-refractivity contribution in [2.45, 2.75) is 26.3 Å². The van der Waals surface area contributed by atoms with Crippen LogP contribution in [-0.2, 0) is 4.79 Å². The van der Waals surface area contributed by atoms with Crippen molar-refractivity contribution >= 4 is 5.78 Å². The molecule has 0 aromatic carbocycles. The van der Waals surface area contributed by atoms with Gasteiger partial charge in [0.1, 0.15) is 0 Å². The lowest BCUT2D eigenvalue weighted by Crippen LogP contribution is -2.33. The van der Waals surface area contributed by atoms with Gasteiger partial charge in [0.2, 0.25) is 0 Å². The fourth-order valence-corrected chi connectivity index (χ4v) is 1.10. The maximum absolute atomic E-state index is 11.3. The van der Waals surface area contributed by atoms with E-state index in [2.05, 4.69) is 0 Å². The van der Waals surface area contributed by atoms with Gasteiger partial charge in [-0.25, -0.2) is 0 Å². The van der Waals surface area contributed by atoms with Crippen molar-refractivity contribution in [3.63, 3.8) is 0 Å². The number of allylic oxidation sites excluding steroid dienone is 1. The SMILES string of the molecule is CC=CC(=O)C(CC)N(C)C. The van der Waals surface area contributed by atoms with Crippen LogP contribution in [0.2, 0.25) is 0 Å². The molecule has 0 aliphatic carbocycles. The summed E-state index contributed by atoms with van der Waals surface area (Å²) in [6.45, 7) is 3.88. The molecule has 0 aliphatic rings. The van der Waals surface area contributed by atoms with E-state index in [1.165, 1.54) is 0 Å². The van der Waals surface area contributed by atoms with Crippen LogP contribution >= 0.6 is 0 Å². The molecule has 0 saturated heterocycles. The normalized spacial score (nSPS) is 14.3. The van der Waals surface area contributed by atoms with E-state index >= 15 is 0 Å². The molecule has 0 aromatic rings. The van der Waals surface area contributed by atoms with Gasteiger partial charge in [0, 0.05) is 0 Å². The summed E-state index contributed by atoms with van der Waals surface area (Å²) >= 11 is 0. The molecule has 0 aromatic heterocycles. The average molecular weight is 155 g/mol. The van der Waals surface area contributed by atoms with Crippen LogP contribution in [0, 0.1) is 0 Å². The second kappa shape index (κ2) is 5.08. The summed E-state index contributed by atoms with van der Waals surface area (Å²) in [6.07, 6.45) is 4.29. The molecule has 0 radical (unpaired) electrons. The minimum absolute atomic E-state index is 0.0474. The van der Waals surface area contributed by atoms with Gasteiger partial charge in [-0.05, 0) is 33.5 Å². The van der Waals surface area contributed by atoms with E-state index in [0.717, 1.165) is 6.42 Å². The minimum atomic E-state index is 0.0474. The van der Waals surface area contributed by atoms with Crippen molar-refractivity contribution in [1.29, 1.82) is 0 Å². The third-order valence-electron chi connectivity index (χ3n) is 1.67. The van der Waals surface area contributed by atoms with Gasteiger partial charge < -0.3 is 0 Å². The fourth-order valence-electron chi connectivity index (χ4n) is 1.10. The molecule has 0 rings (SSSR count). The van der Waals surface area contributed by atoms with Crippen LogP contribution in [0.4, 0.5) is 0 Å². The highest BCUT2D eigenvalue weighted by molar-refractivity contribution is 5.94. The van der Waals surface area contributed by atoms with Crippen molar-refractivity contribution in [1.82, 2.24) is 4.90 Å². The predicted octanol–water partition coefficient (Wildman–Crippen LogP) is 1.47. The Labute approximate surface area is 68.9 Å². The lowest BCUT2D eigenvalue weighted by Gasteiger charge is -2.19. The second-order valence-electron chi connectivity index (χ2n) is 2.79. The number of hydrogen-bond acceptors (Lipinski definition) is 2. The molecule has 0 bridgehead atoms. The Kier molecular flexibility index (Phi) is 4.79. The van der Waals surface area contributed by atoms with E-state index in [1.807, 2.05) is 32.8 Å². The molecule has 2 heteroatoms. The maximum atomic E-state index is 11.3. The number of nitrogens with zero attached hydrogens (tertiary/aromatic N) is 1. The molecule has 0 N–H and O–H groups in total. The summed E-state index contributed by atoms with van der Waals surface area (Å²) in [7, 11) is 3.85. The molecule has 0 spiro atoms. The maximum Gasteiger partial charge on any atom is 0.172 e. The van der Waals surface area contributed by atoms with Gasteiger partial charge in [0.15, 0.2) is 5.78 Å². The highest BCUT2D eigenvalue weighted by Crippen LogP contribution is 2.00. The number of likely N-dealkylation sites (N-methyl/N-ethyl adjacent to an activating group) is 1. The Morgan fingerprint density at radius 3 is 2.36 bits per heavy atom. The zero-order valence-electron chi connectivity index (χ0n) is 7.79. The Balaban J connectivity index is 4.14. The van der Waals surface area contributed by atoms with Gasteiger partial charge >= 0.3 is 0 Å². The summed E-state index contributed by atoms with van der Waals surface area (Å²) in [4.78, 5) is 13.2. The first-order chi connectivity index (χ1) is 5.13. The topological polar surface area (TPSA) is 20.3 Å². The van der Waals surface area contributed by atoms with E-state index in [-0.39, 0.29) is 11.8 Å². The van der Waals surface area contributed by atoms with E-state index < -0.39 is 0 Å². The molecule has 0 amide bonds. The predicted molar refractivity (Wildman–Crippen MR) is 47.6 cm³/mol. The standard InChI is InChI=1S/C9H17NO/c1-5-7-9(11)8(6-2)10(3)4/h5,7-8H,6H2,1-4H3. The minimum Gasteiger partial charge on any atom is -0.299 e. The van der Waals surface area contributed by atoms with Gasteiger partial charge in [-0.1, -0.05) is 13.0 Å². The first-order valence-electron chi connectivity index (χ1n) is 3.96. The van der Waals surface area contributed by atoms with E-state index in [4.69, 9.17) is 0 Å². The zero-order valence-corrected chi connectivity index (χ0v) is 7.79. The van der Waals surface area contributed by atoms with Crippen LogP contribution in [0.25, 0.3) is 0 Å². The van der Waals surface area contributed by atoms with Crippen LogP contribution in [0.3, 0.4) is 0 Å². The van der Waals surface area contributed by atoms with Crippen molar-refractivity contribution in [2.75, 3.05) is 14.1 Å². The second-order valence-corrected chi connectivity index (χ2v) is 2.79. The molecule has 11 heavy (non-hydrogen) atoms. The van der Waals surface area contributed by atoms with Gasteiger partial charge in [-0.15, -0.1) is 0 Å². The molecule has 1 unspecified atom stereocenters. The largest absolute Gasteiger partial charge is 0.299 e.